The quantitative estimate of drug-likeness (QED) is 0.324. The molecule has 0 aliphatic rings. The van der Waals surface area contributed by atoms with Gasteiger partial charge in [-0.1, -0.05) is 24.3 Å². The van der Waals surface area contributed by atoms with E-state index in [-0.39, 0.29) is 36.9 Å². The Labute approximate surface area is 205 Å². The molecule has 2 aromatic carbocycles. The number of anilines is 1. The molecule has 0 aliphatic carbocycles. The van der Waals surface area contributed by atoms with E-state index in [9.17, 15) is 14.4 Å². The third-order valence-electron chi connectivity index (χ3n) is 5.13. The Morgan fingerprint density at radius 3 is 2.74 bits per heavy atom. The minimum Gasteiger partial charge on any atom is -0.495 e. The topological polar surface area (TPSA) is 123 Å². The largest absolute Gasteiger partial charge is 0.495 e. The van der Waals surface area contributed by atoms with E-state index < -0.39 is 0 Å². The second kappa shape index (κ2) is 11.4. The van der Waals surface area contributed by atoms with Crippen molar-refractivity contribution >= 4 is 39.8 Å². The summed E-state index contributed by atoms with van der Waals surface area (Å²) in [5.74, 6) is 0.539. The molecule has 0 spiro atoms. The van der Waals surface area contributed by atoms with Crippen LogP contribution in [0.2, 0.25) is 0 Å². The third kappa shape index (κ3) is 6.51. The number of methoxy groups -OCH3 is 1. The molecule has 4 rings (SSSR count). The molecule has 180 valence electrons. The molecule has 0 aliphatic heterocycles. The molecule has 0 radical (unpaired) electrons. The molecule has 0 atom stereocenters. The van der Waals surface area contributed by atoms with Crippen LogP contribution < -0.4 is 15.6 Å². The number of benzene rings is 2. The van der Waals surface area contributed by atoms with Crippen LogP contribution in [0.1, 0.15) is 29.4 Å². The van der Waals surface area contributed by atoms with Gasteiger partial charge in [0.2, 0.25) is 5.91 Å². The number of aromatic amines is 1. The molecule has 9 nitrogen and oxygen atoms in total. The van der Waals surface area contributed by atoms with E-state index in [2.05, 4.69) is 20.3 Å². The molecule has 0 bridgehead atoms. The Balaban J connectivity index is 1.21. The maximum Gasteiger partial charge on any atom is 0.306 e. The van der Waals surface area contributed by atoms with Crippen LogP contribution in [0.3, 0.4) is 0 Å². The molecule has 10 heteroatoms. The lowest BCUT2D eigenvalue weighted by Gasteiger charge is -2.08. The van der Waals surface area contributed by atoms with E-state index >= 15 is 0 Å². The lowest BCUT2D eigenvalue weighted by molar-refractivity contribution is -0.145. The number of carbonyl (C=O) groups is 2. The summed E-state index contributed by atoms with van der Waals surface area (Å²) in [7, 11) is 1.54. The first-order valence-corrected chi connectivity index (χ1v) is 11.9. The molecule has 0 fully saturated rings. The first kappa shape index (κ1) is 24.1. The zero-order chi connectivity index (χ0) is 24.6. The molecule has 2 aromatic heterocycles. The molecule has 1 amide bonds. The lowest BCUT2D eigenvalue weighted by atomic mass is 10.2. The normalized spacial score (nSPS) is 10.8. The first-order chi connectivity index (χ1) is 17.0. The predicted octanol–water partition coefficient (Wildman–Crippen LogP) is 3.64. The van der Waals surface area contributed by atoms with Crippen molar-refractivity contribution in [2.45, 2.75) is 32.3 Å². The second-order valence-electron chi connectivity index (χ2n) is 7.70. The minimum absolute atomic E-state index is 0.0362. The standard InChI is InChI=1S/C25H24N4O5S/c1-33-20-10-5-4-9-19(20)28-22(30)13-23-26-16(15-35-23)14-34-24(31)12-6-11-21-27-18-8-3-2-7-17(18)25(32)29-21/h2-5,7-10,15H,6,11-14H2,1H3,(H,28,30)(H,27,29,32). The number of hydrogen-bond donors (Lipinski definition) is 2. The lowest BCUT2D eigenvalue weighted by Crippen LogP contribution is -2.15. The van der Waals surface area contributed by atoms with Crippen LogP contribution in [-0.2, 0) is 33.8 Å². The fraction of sp³-hybridized carbons (Fsp3) is 0.240. The number of rotatable bonds is 10. The van der Waals surface area contributed by atoms with Crippen LogP contribution in [0.4, 0.5) is 5.69 Å². The van der Waals surface area contributed by atoms with Gasteiger partial charge in [0, 0.05) is 18.2 Å². The fourth-order valence-electron chi connectivity index (χ4n) is 3.46. The highest BCUT2D eigenvalue weighted by Crippen LogP contribution is 2.23. The van der Waals surface area contributed by atoms with Crippen LogP contribution in [-0.4, -0.2) is 33.9 Å². The van der Waals surface area contributed by atoms with Crippen molar-refractivity contribution in [3.63, 3.8) is 0 Å². The van der Waals surface area contributed by atoms with Crippen molar-refractivity contribution in [1.82, 2.24) is 15.0 Å². The minimum atomic E-state index is -0.364. The zero-order valence-corrected chi connectivity index (χ0v) is 19.9. The van der Waals surface area contributed by atoms with Gasteiger partial charge in [-0.05, 0) is 30.7 Å². The number of fused-ring (bicyclic) bond motifs is 1. The average molecular weight is 493 g/mol. The highest BCUT2D eigenvalue weighted by Gasteiger charge is 2.12. The molecule has 4 aromatic rings. The number of thiazole rings is 1. The highest BCUT2D eigenvalue weighted by atomic mass is 32.1. The summed E-state index contributed by atoms with van der Waals surface area (Å²) >= 11 is 1.33. The molecule has 2 N–H and O–H groups in total. The van der Waals surface area contributed by atoms with Crippen molar-refractivity contribution in [3.8, 4) is 5.75 Å². The highest BCUT2D eigenvalue weighted by molar-refractivity contribution is 7.09. The number of aromatic nitrogens is 3. The summed E-state index contributed by atoms with van der Waals surface area (Å²) in [6.07, 6.45) is 1.24. The molecule has 0 saturated carbocycles. The van der Waals surface area contributed by atoms with Crippen LogP contribution in [0.15, 0.2) is 58.7 Å². The van der Waals surface area contributed by atoms with Crippen molar-refractivity contribution in [2.75, 3.05) is 12.4 Å². The number of nitrogens with one attached hydrogen (secondary N) is 2. The summed E-state index contributed by atoms with van der Waals surface area (Å²) in [5.41, 5.74) is 1.62. The van der Waals surface area contributed by atoms with Gasteiger partial charge in [0.15, 0.2) is 0 Å². The number of aryl methyl sites for hydroxylation is 1. The number of nitrogens with zero attached hydrogens (tertiary/aromatic N) is 2. The van der Waals surface area contributed by atoms with Crippen LogP contribution in [0, 0.1) is 0 Å². The van der Waals surface area contributed by atoms with Crippen molar-refractivity contribution in [2.24, 2.45) is 0 Å². The average Bonchev–Trinajstić information content (AvgIpc) is 3.30. The molecule has 35 heavy (non-hydrogen) atoms. The summed E-state index contributed by atoms with van der Waals surface area (Å²) in [4.78, 5) is 48.1. The number of hydrogen-bond acceptors (Lipinski definition) is 8. The summed E-state index contributed by atoms with van der Waals surface area (Å²) in [5, 5.41) is 5.73. The number of esters is 1. The Hall–Kier alpha value is -4.05. The Bertz CT molecular complexity index is 1400. The smallest absolute Gasteiger partial charge is 0.306 e. The number of amides is 1. The van der Waals surface area contributed by atoms with Gasteiger partial charge in [-0.15, -0.1) is 11.3 Å². The second-order valence-corrected chi connectivity index (χ2v) is 8.64. The molecule has 0 saturated heterocycles. The Morgan fingerprint density at radius 2 is 1.89 bits per heavy atom. The van der Waals surface area contributed by atoms with Gasteiger partial charge >= 0.3 is 5.97 Å². The van der Waals surface area contributed by atoms with Gasteiger partial charge in [0.1, 0.15) is 23.2 Å². The fourth-order valence-corrected chi connectivity index (χ4v) is 4.23. The van der Waals surface area contributed by atoms with E-state index in [4.69, 9.17) is 9.47 Å². The van der Waals surface area contributed by atoms with Crippen molar-refractivity contribution in [1.29, 1.82) is 0 Å². The van der Waals surface area contributed by atoms with Gasteiger partial charge in [-0.25, -0.2) is 9.97 Å². The molecule has 0 unspecified atom stereocenters. The van der Waals surface area contributed by atoms with Crippen LogP contribution in [0.5, 0.6) is 5.75 Å². The van der Waals surface area contributed by atoms with E-state index in [0.29, 0.717) is 51.7 Å². The van der Waals surface area contributed by atoms with Gasteiger partial charge in [0.25, 0.3) is 5.56 Å². The van der Waals surface area contributed by atoms with Crippen LogP contribution >= 0.6 is 11.3 Å². The Morgan fingerprint density at radius 1 is 1.09 bits per heavy atom. The summed E-state index contributed by atoms with van der Waals surface area (Å²) in [6.45, 7) is 0.0362. The SMILES string of the molecule is COc1ccccc1NC(=O)Cc1nc(COC(=O)CCCc2nc3ccccc3c(=O)[nH]2)cs1. The predicted molar refractivity (Wildman–Crippen MR) is 133 cm³/mol. The number of carbonyl (C=O) groups excluding carboxylic acids is 2. The monoisotopic (exact) mass is 492 g/mol. The number of ether oxygens (including phenoxy) is 2. The van der Waals surface area contributed by atoms with Gasteiger partial charge in [-0.3, -0.25) is 14.4 Å². The van der Waals surface area contributed by atoms with E-state index in [1.165, 1.54) is 11.3 Å². The first-order valence-electron chi connectivity index (χ1n) is 11.0. The van der Waals surface area contributed by atoms with E-state index in [0.717, 1.165) is 0 Å². The van der Waals surface area contributed by atoms with Gasteiger partial charge in [-0.2, -0.15) is 0 Å². The maximum absolute atomic E-state index is 12.3. The van der Waals surface area contributed by atoms with Crippen molar-refractivity contribution < 1.29 is 19.1 Å². The van der Waals surface area contributed by atoms with E-state index in [1.54, 1.807) is 42.8 Å². The molecular weight excluding hydrogens is 468 g/mol. The maximum atomic E-state index is 12.3. The summed E-state index contributed by atoms with van der Waals surface area (Å²) < 4.78 is 10.5. The number of H-pyrrole nitrogens is 1. The van der Waals surface area contributed by atoms with Crippen LogP contribution in [0.25, 0.3) is 10.9 Å². The molecular formula is C25H24N4O5S. The van der Waals surface area contributed by atoms with E-state index in [1.807, 2.05) is 18.2 Å². The van der Waals surface area contributed by atoms with Gasteiger partial charge in [0.05, 0.1) is 35.8 Å². The van der Waals surface area contributed by atoms with Crippen molar-refractivity contribution in [3.05, 3.63) is 80.8 Å². The zero-order valence-electron chi connectivity index (χ0n) is 19.1. The number of para-hydroxylation sites is 3. The summed E-state index contributed by atoms with van der Waals surface area (Å²) in [6, 6.07) is 14.3. The Kier molecular flexibility index (Phi) is 7.84. The molecule has 2 heterocycles. The van der Waals surface area contributed by atoms with Gasteiger partial charge < -0.3 is 19.8 Å². The third-order valence-corrected chi connectivity index (χ3v) is 6.03.